The first-order valence-corrected chi connectivity index (χ1v) is 9.96. The quantitative estimate of drug-likeness (QED) is 0.683. The number of aryl methyl sites for hydroxylation is 1. The summed E-state index contributed by atoms with van der Waals surface area (Å²) in [6.45, 7) is 10.0. The van der Waals surface area contributed by atoms with Gasteiger partial charge in [0.05, 0.1) is 6.61 Å². The number of anilines is 2. The van der Waals surface area contributed by atoms with Crippen LogP contribution in [0, 0.1) is 6.92 Å². The molecule has 1 aromatic heterocycles. The Hall–Kier alpha value is -2.76. The number of rotatable bonds is 7. The van der Waals surface area contributed by atoms with Crippen LogP contribution in [0.1, 0.15) is 25.8 Å². The molecule has 0 N–H and O–H groups in total. The van der Waals surface area contributed by atoms with E-state index >= 15 is 0 Å². The van der Waals surface area contributed by atoms with Crippen LogP contribution in [0.4, 0.5) is 11.4 Å². The first-order valence-electron chi connectivity index (χ1n) is 9.96. The topological polar surface area (TPSA) is 54.9 Å². The Kier molecular flexibility index (Phi) is 6.74. The summed E-state index contributed by atoms with van der Waals surface area (Å²) in [4.78, 5) is 20.8. The Bertz CT molecular complexity index is 774. The molecule has 1 aromatic carbocycles. The fourth-order valence-electron chi connectivity index (χ4n) is 3.51. The Morgan fingerprint density at radius 3 is 2.36 bits per heavy atom. The molecule has 0 spiro atoms. The van der Waals surface area contributed by atoms with E-state index in [1.165, 1.54) is 11.4 Å². The molecule has 6 heteroatoms. The number of piperazine rings is 1. The van der Waals surface area contributed by atoms with Crippen molar-refractivity contribution in [2.24, 2.45) is 0 Å². The Morgan fingerprint density at radius 2 is 1.75 bits per heavy atom. The van der Waals surface area contributed by atoms with E-state index in [9.17, 15) is 4.79 Å². The number of pyridine rings is 1. The molecule has 0 saturated carbocycles. The van der Waals surface area contributed by atoms with Gasteiger partial charge in [-0.2, -0.15) is 0 Å². The molecule has 0 aliphatic carbocycles. The van der Waals surface area contributed by atoms with Crippen LogP contribution in [0.25, 0.3) is 0 Å². The molecule has 150 valence electrons. The lowest BCUT2D eigenvalue weighted by molar-refractivity contribution is -0.151. The molecule has 1 saturated heterocycles. The molecule has 2 heterocycles. The lowest BCUT2D eigenvalue weighted by atomic mass is 10.1. The molecule has 1 unspecified atom stereocenters. The first kappa shape index (κ1) is 20.0. The van der Waals surface area contributed by atoms with Gasteiger partial charge in [0.1, 0.15) is 5.75 Å². The fourth-order valence-corrected chi connectivity index (χ4v) is 3.51. The lowest BCUT2D eigenvalue weighted by Crippen LogP contribution is -2.46. The number of ether oxygens (including phenoxy) is 2. The van der Waals surface area contributed by atoms with Crippen molar-refractivity contribution in [1.29, 1.82) is 0 Å². The third-order valence-corrected chi connectivity index (χ3v) is 5.02. The van der Waals surface area contributed by atoms with Gasteiger partial charge in [0.2, 0.25) is 0 Å². The third-order valence-electron chi connectivity index (χ3n) is 5.02. The average Bonchev–Trinajstić information content (AvgIpc) is 2.73. The van der Waals surface area contributed by atoms with E-state index in [4.69, 9.17) is 9.47 Å². The highest BCUT2D eigenvalue weighted by Crippen LogP contribution is 2.27. The molecule has 28 heavy (non-hydrogen) atoms. The predicted octanol–water partition coefficient (Wildman–Crippen LogP) is 3.44. The van der Waals surface area contributed by atoms with Gasteiger partial charge in [-0.15, -0.1) is 0 Å². The van der Waals surface area contributed by atoms with Crippen molar-refractivity contribution in [2.75, 3.05) is 42.6 Å². The van der Waals surface area contributed by atoms with Crippen LogP contribution in [-0.4, -0.2) is 49.8 Å². The molecule has 0 amide bonds. The minimum Gasteiger partial charge on any atom is -0.479 e. The van der Waals surface area contributed by atoms with Crippen molar-refractivity contribution in [3.05, 3.63) is 48.3 Å². The second-order valence-corrected chi connectivity index (χ2v) is 6.89. The van der Waals surface area contributed by atoms with Crippen LogP contribution < -0.4 is 14.5 Å². The minimum absolute atomic E-state index is 0.307. The molecule has 6 nitrogen and oxygen atoms in total. The number of hydrogen-bond donors (Lipinski definition) is 0. The van der Waals surface area contributed by atoms with E-state index in [-0.39, 0.29) is 5.97 Å². The van der Waals surface area contributed by atoms with Gasteiger partial charge in [0.15, 0.2) is 6.10 Å². The van der Waals surface area contributed by atoms with Crippen LogP contribution in [0.2, 0.25) is 0 Å². The summed E-state index contributed by atoms with van der Waals surface area (Å²) in [5.74, 6) is 0.399. The summed E-state index contributed by atoms with van der Waals surface area (Å²) in [5.41, 5.74) is 3.58. The summed E-state index contributed by atoms with van der Waals surface area (Å²) in [6, 6.07) is 10.2. The second kappa shape index (κ2) is 9.44. The Balaban J connectivity index is 1.62. The summed E-state index contributed by atoms with van der Waals surface area (Å²) in [7, 11) is 0. The van der Waals surface area contributed by atoms with E-state index in [1.807, 2.05) is 31.5 Å². The molecule has 2 aromatic rings. The molecule has 0 bridgehead atoms. The van der Waals surface area contributed by atoms with Gasteiger partial charge in [-0.1, -0.05) is 6.92 Å². The highest BCUT2D eigenvalue weighted by atomic mass is 16.6. The molecule has 0 radical (unpaired) electrons. The number of aromatic nitrogens is 1. The average molecular weight is 383 g/mol. The molecule has 3 rings (SSSR count). The van der Waals surface area contributed by atoms with Crippen molar-refractivity contribution in [1.82, 2.24) is 4.98 Å². The molecule has 1 aliphatic rings. The number of carbonyl (C=O) groups excluding carboxylic acids is 1. The fraction of sp³-hybridized carbons (Fsp3) is 0.455. The van der Waals surface area contributed by atoms with Crippen molar-refractivity contribution in [2.45, 2.75) is 33.3 Å². The van der Waals surface area contributed by atoms with E-state index in [0.717, 1.165) is 31.7 Å². The van der Waals surface area contributed by atoms with E-state index < -0.39 is 6.10 Å². The maximum absolute atomic E-state index is 12.0. The van der Waals surface area contributed by atoms with Gasteiger partial charge in [0, 0.05) is 49.9 Å². The standard InChI is InChI=1S/C22H29N3O3/c1-4-21(22(26)27-5-2)28-19-6-7-20(17(3)16-19)25-14-12-24(13-15-25)18-8-10-23-11-9-18/h6-11,16,21H,4-5,12-15H2,1-3H3. The Labute approximate surface area is 167 Å². The second-order valence-electron chi connectivity index (χ2n) is 6.89. The van der Waals surface area contributed by atoms with Crippen LogP contribution in [0.15, 0.2) is 42.7 Å². The van der Waals surface area contributed by atoms with E-state index in [1.54, 1.807) is 6.92 Å². The van der Waals surface area contributed by atoms with Crippen LogP contribution >= 0.6 is 0 Å². The van der Waals surface area contributed by atoms with Gasteiger partial charge in [0.25, 0.3) is 0 Å². The summed E-state index contributed by atoms with van der Waals surface area (Å²) < 4.78 is 11.0. The smallest absolute Gasteiger partial charge is 0.347 e. The third kappa shape index (κ3) is 4.74. The highest BCUT2D eigenvalue weighted by Gasteiger charge is 2.21. The largest absolute Gasteiger partial charge is 0.479 e. The van der Waals surface area contributed by atoms with Crippen molar-refractivity contribution in [3.8, 4) is 5.75 Å². The van der Waals surface area contributed by atoms with Crippen LogP contribution in [0.5, 0.6) is 5.75 Å². The number of hydrogen-bond acceptors (Lipinski definition) is 6. The van der Waals surface area contributed by atoms with Crippen LogP contribution in [0.3, 0.4) is 0 Å². The van der Waals surface area contributed by atoms with E-state index in [2.05, 4.69) is 39.9 Å². The van der Waals surface area contributed by atoms with Gasteiger partial charge in [-0.3, -0.25) is 4.98 Å². The van der Waals surface area contributed by atoms with Crippen LogP contribution in [-0.2, 0) is 9.53 Å². The monoisotopic (exact) mass is 383 g/mol. The molecule has 1 atom stereocenters. The number of esters is 1. The number of benzene rings is 1. The van der Waals surface area contributed by atoms with Gasteiger partial charge < -0.3 is 19.3 Å². The normalized spacial score (nSPS) is 15.2. The van der Waals surface area contributed by atoms with Gasteiger partial charge in [-0.25, -0.2) is 4.79 Å². The SMILES string of the molecule is CCOC(=O)C(CC)Oc1ccc(N2CCN(c3ccncc3)CC2)c(C)c1. The first-order chi connectivity index (χ1) is 13.6. The lowest BCUT2D eigenvalue weighted by Gasteiger charge is -2.38. The molecular formula is C22H29N3O3. The van der Waals surface area contributed by atoms with Crippen molar-refractivity contribution < 1.29 is 14.3 Å². The molecular weight excluding hydrogens is 354 g/mol. The maximum atomic E-state index is 12.0. The number of nitrogens with zero attached hydrogens (tertiary/aromatic N) is 3. The summed E-state index contributed by atoms with van der Waals surface area (Å²) in [5, 5.41) is 0. The predicted molar refractivity (Wildman–Crippen MR) is 111 cm³/mol. The molecule has 1 fully saturated rings. The van der Waals surface area contributed by atoms with Gasteiger partial charge in [-0.05, 0) is 56.2 Å². The zero-order valence-corrected chi connectivity index (χ0v) is 16.9. The van der Waals surface area contributed by atoms with Crippen molar-refractivity contribution in [3.63, 3.8) is 0 Å². The summed E-state index contributed by atoms with van der Waals surface area (Å²) >= 11 is 0. The summed E-state index contributed by atoms with van der Waals surface area (Å²) in [6.07, 6.45) is 3.69. The number of carbonyl (C=O) groups is 1. The zero-order valence-electron chi connectivity index (χ0n) is 16.9. The Morgan fingerprint density at radius 1 is 1.07 bits per heavy atom. The highest BCUT2D eigenvalue weighted by molar-refractivity contribution is 5.75. The zero-order chi connectivity index (χ0) is 19.9. The van der Waals surface area contributed by atoms with E-state index in [0.29, 0.717) is 18.8 Å². The van der Waals surface area contributed by atoms with Gasteiger partial charge >= 0.3 is 5.97 Å². The minimum atomic E-state index is -0.561. The van der Waals surface area contributed by atoms with Crippen molar-refractivity contribution >= 4 is 17.3 Å². The molecule has 1 aliphatic heterocycles. The maximum Gasteiger partial charge on any atom is 0.347 e.